The molecule has 0 aliphatic carbocycles. The first-order valence-electron chi connectivity index (χ1n) is 6.89. The molecule has 2 aliphatic rings. The van der Waals surface area contributed by atoms with E-state index in [1.54, 1.807) is 11.3 Å². The van der Waals surface area contributed by atoms with Crippen molar-refractivity contribution < 1.29 is 9.47 Å². The number of aromatic nitrogens is 1. The topological polar surface area (TPSA) is 69.4 Å². The SMILES string of the molecule is NNC(c1cscn1)C1CCOC2(CCOCC2)C1. The Hall–Kier alpha value is -0.530. The van der Waals surface area contributed by atoms with Gasteiger partial charge in [-0.3, -0.25) is 11.3 Å². The van der Waals surface area contributed by atoms with Gasteiger partial charge < -0.3 is 9.47 Å². The third kappa shape index (κ3) is 2.83. The average molecular weight is 283 g/mol. The highest BCUT2D eigenvalue weighted by Crippen LogP contribution is 2.41. The van der Waals surface area contributed by atoms with Gasteiger partial charge in [0.1, 0.15) is 0 Å². The molecule has 1 spiro atoms. The number of nitrogens with zero attached hydrogens (tertiary/aromatic N) is 1. The van der Waals surface area contributed by atoms with E-state index in [1.165, 1.54) is 0 Å². The second kappa shape index (κ2) is 5.85. The number of nitrogens with two attached hydrogens (primary N) is 1. The van der Waals surface area contributed by atoms with Crippen molar-refractivity contribution in [1.29, 1.82) is 0 Å². The summed E-state index contributed by atoms with van der Waals surface area (Å²) >= 11 is 1.62. The van der Waals surface area contributed by atoms with E-state index in [-0.39, 0.29) is 11.6 Å². The molecule has 0 aromatic carbocycles. The predicted octanol–water partition coefficient (Wildman–Crippen LogP) is 1.62. The van der Waals surface area contributed by atoms with Gasteiger partial charge in [-0.2, -0.15) is 0 Å². The molecular formula is C13H21N3O2S. The molecule has 19 heavy (non-hydrogen) atoms. The second-order valence-corrected chi connectivity index (χ2v) is 6.17. The van der Waals surface area contributed by atoms with Crippen molar-refractivity contribution in [2.75, 3.05) is 19.8 Å². The summed E-state index contributed by atoms with van der Waals surface area (Å²) in [5.41, 5.74) is 5.88. The van der Waals surface area contributed by atoms with E-state index in [4.69, 9.17) is 15.3 Å². The van der Waals surface area contributed by atoms with Gasteiger partial charge in [0.05, 0.1) is 22.8 Å². The van der Waals surface area contributed by atoms with Crippen LogP contribution in [0.15, 0.2) is 10.9 Å². The Morgan fingerprint density at radius 3 is 2.95 bits per heavy atom. The van der Waals surface area contributed by atoms with E-state index in [9.17, 15) is 0 Å². The molecule has 2 aliphatic heterocycles. The third-order valence-corrected chi connectivity index (χ3v) is 4.96. The summed E-state index contributed by atoms with van der Waals surface area (Å²) in [6.45, 7) is 2.43. The highest BCUT2D eigenvalue weighted by Gasteiger charge is 2.41. The Bertz CT molecular complexity index is 387. The zero-order valence-electron chi connectivity index (χ0n) is 11.0. The monoisotopic (exact) mass is 283 g/mol. The smallest absolute Gasteiger partial charge is 0.0795 e. The predicted molar refractivity (Wildman–Crippen MR) is 73.6 cm³/mol. The molecule has 3 heterocycles. The van der Waals surface area contributed by atoms with Crippen molar-refractivity contribution in [2.45, 2.75) is 37.3 Å². The summed E-state index contributed by atoms with van der Waals surface area (Å²) < 4.78 is 11.5. The van der Waals surface area contributed by atoms with E-state index in [2.05, 4.69) is 15.8 Å². The molecule has 0 amide bonds. The van der Waals surface area contributed by atoms with Crippen molar-refractivity contribution in [3.63, 3.8) is 0 Å². The van der Waals surface area contributed by atoms with Gasteiger partial charge in [-0.05, 0) is 31.6 Å². The summed E-state index contributed by atoms with van der Waals surface area (Å²) in [7, 11) is 0. The molecule has 1 aromatic heterocycles. The standard InChI is InChI=1S/C13H21N3O2S/c14-16-12(11-8-19-9-15-11)10-1-4-18-13(7-10)2-5-17-6-3-13/h8-10,12,16H,1-7,14H2. The number of hydrazine groups is 1. The Morgan fingerprint density at radius 2 is 2.26 bits per heavy atom. The maximum atomic E-state index is 6.08. The van der Waals surface area contributed by atoms with Crippen LogP contribution >= 0.6 is 11.3 Å². The molecule has 0 saturated carbocycles. The number of rotatable bonds is 3. The summed E-state index contributed by atoms with van der Waals surface area (Å²) in [6.07, 6.45) is 4.08. The second-order valence-electron chi connectivity index (χ2n) is 5.45. The number of nitrogens with one attached hydrogen (secondary N) is 1. The van der Waals surface area contributed by atoms with Crippen LogP contribution in [0.2, 0.25) is 0 Å². The normalized spacial score (nSPS) is 28.4. The fraction of sp³-hybridized carbons (Fsp3) is 0.769. The van der Waals surface area contributed by atoms with Gasteiger partial charge in [-0.1, -0.05) is 0 Å². The summed E-state index contributed by atoms with van der Waals surface area (Å²) in [5.74, 6) is 6.25. The van der Waals surface area contributed by atoms with Crippen molar-refractivity contribution in [1.82, 2.24) is 10.4 Å². The number of ether oxygens (including phenoxy) is 2. The molecule has 3 N–H and O–H groups in total. The highest BCUT2D eigenvalue weighted by molar-refractivity contribution is 7.07. The van der Waals surface area contributed by atoms with E-state index in [0.29, 0.717) is 5.92 Å². The molecule has 0 bridgehead atoms. The van der Waals surface area contributed by atoms with Crippen LogP contribution in [-0.2, 0) is 9.47 Å². The van der Waals surface area contributed by atoms with Gasteiger partial charge in [0.25, 0.3) is 0 Å². The summed E-state index contributed by atoms with van der Waals surface area (Å²) in [5, 5.41) is 2.08. The molecule has 2 unspecified atom stereocenters. The zero-order valence-corrected chi connectivity index (χ0v) is 11.8. The van der Waals surface area contributed by atoms with Crippen LogP contribution in [0, 0.1) is 5.92 Å². The average Bonchev–Trinajstić information content (AvgIpc) is 2.95. The van der Waals surface area contributed by atoms with Crippen LogP contribution in [0.25, 0.3) is 0 Å². The lowest BCUT2D eigenvalue weighted by Crippen LogP contribution is -2.47. The number of hydrogen-bond acceptors (Lipinski definition) is 6. The number of hydrogen-bond donors (Lipinski definition) is 2. The van der Waals surface area contributed by atoms with E-state index < -0.39 is 0 Å². The van der Waals surface area contributed by atoms with Crippen molar-refractivity contribution in [3.05, 3.63) is 16.6 Å². The molecule has 2 atom stereocenters. The fourth-order valence-corrected chi connectivity index (χ4v) is 3.87. The maximum absolute atomic E-state index is 6.08. The van der Waals surface area contributed by atoms with Crippen LogP contribution in [0.3, 0.4) is 0 Å². The van der Waals surface area contributed by atoms with E-state index in [1.807, 2.05) is 5.51 Å². The van der Waals surface area contributed by atoms with Crippen molar-refractivity contribution in [2.24, 2.45) is 11.8 Å². The minimum absolute atomic E-state index is 0.00624. The summed E-state index contributed by atoms with van der Waals surface area (Å²) in [6, 6.07) is 0.134. The molecule has 5 nitrogen and oxygen atoms in total. The van der Waals surface area contributed by atoms with Crippen LogP contribution in [0.5, 0.6) is 0 Å². The first-order valence-corrected chi connectivity index (χ1v) is 7.83. The molecule has 6 heteroatoms. The van der Waals surface area contributed by atoms with E-state index >= 15 is 0 Å². The lowest BCUT2D eigenvalue weighted by molar-refractivity contribution is -0.150. The van der Waals surface area contributed by atoms with Crippen LogP contribution in [0.1, 0.15) is 37.4 Å². The Labute approximate surface area is 117 Å². The first-order chi connectivity index (χ1) is 9.33. The highest BCUT2D eigenvalue weighted by atomic mass is 32.1. The molecule has 2 saturated heterocycles. The molecule has 0 radical (unpaired) electrons. The molecule has 1 aromatic rings. The van der Waals surface area contributed by atoms with Crippen LogP contribution in [-0.4, -0.2) is 30.4 Å². The lowest BCUT2D eigenvalue weighted by Gasteiger charge is -2.45. The number of thiazole rings is 1. The third-order valence-electron chi connectivity index (χ3n) is 4.36. The van der Waals surface area contributed by atoms with Gasteiger partial charge in [0.15, 0.2) is 0 Å². The van der Waals surface area contributed by atoms with Crippen LogP contribution in [0.4, 0.5) is 0 Å². The summed E-state index contributed by atoms with van der Waals surface area (Å²) in [4.78, 5) is 4.41. The molecule has 3 rings (SSSR count). The lowest BCUT2D eigenvalue weighted by atomic mass is 9.77. The maximum Gasteiger partial charge on any atom is 0.0795 e. The molecule has 106 valence electrons. The minimum Gasteiger partial charge on any atom is -0.381 e. The largest absolute Gasteiger partial charge is 0.381 e. The van der Waals surface area contributed by atoms with E-state index in [0.717, 1.165) is 51.2 Å². The van der Waals surface area contributed by atoms with Crippen molar-refractivity contribution >= 4 is 11.3 Å². The molecular weight excluding hydrogens is 262 g/mol. The van der Waals surface area contributed by atoms with Gasteiger partial charge >= 0.3 is 0 Å². The van der Waals surface area contributed by atoms with Crippen molar-refractivity contribution in [3.8, 4) is 0 Å². The fourth-order valence-electron chi connectivity index (χ4n) is 3.28. The van der Waals surface area contributed by atoms with Gasteiger partial charge in [0.2, 0.25) is 0 Å². The van der Waals surface area contributed by atoms with Gasteiger partial charge in [-0.15, -0.1) is 11.3 Å². The zero-order chi connectivity index (χ0) is 13.1. The Morgan fingerprint density at radius 1 is 1.42 bits per heavy atom. The Kier molecular flexibility index (Phi) is 4.14. The first kappa shape index (κ1) is 13.5. The minimum atomic E-state index is 0.00624. The molecule has 2 fully saturated rings. The van der Waals surface area contributed by atoms with Gasteiger partial charge in [0, 0.05) is 25.2 Å². The quantitative estimate of drug-likeness (QED) is 0.652. The Balaban J connectivity index is 1.73. The van der Waals surface area contributed by atoms with Crippen LogP contribution < -0.4 is 11.3 Å². The van der Waals surface area contributed by atoms with Gasteiger partial charge in [-0.25, -0.2) is 4.98 Å².